The van der Waals surface area contributed by atoms with E-state index in [1.165, 1.54) is 0 Å². The molecular weight excluding hydrogens is 730 g/mol. The molecule has 0 bridgehead atoms. The molecule has 0 spiro atoms. The summed E-state index contributed by atoms with van der Waals surface area (Å²) in [6.45, 7) is 9.29. The van der Waals surface area contributed by atoms with Gasteiger partial charge in [-0.3, -0.25) is 4.79 Å². The lowest BCUT2D eigenvalue weighted by molar-refractivity contribution is -0.258. The molecular formula is C44H57N3O10. The number of aliphatic hydroxyl groups is 2. The Labute approximate surface area is 335 Å². The number of nitrogens with one attached hydrogen (secondary N) is 1. The van der Waals surface area contributed by atoms with E-state index in [-0.39, 0.29) is 62.7 Å². The van der Waals surface area contributed by atoms with Crippen LogP contribution >= 0.6 is 0 Å². The van der Waals surface area contributed by atoms with E-state index in [9.17, 15) is 19.8 Å². The summed E-state index contributed by atoms with van der Waals surface area (Å²) in [5, 5.41) is 27.2. The SMILES string of the molecule is C=CCO[C@@]12Oc3ccc(OC(=O)NCC)cc3[C@H]3[C@H](CCCCO)[C@@H](CCCCO)C=C(C(=NOCC)C[C@@H]1N(Cc1ccc4c(c1)OCO4)C(=O)C1CC1)[C@H]32. The highest BCUT2D eigenvalue weighted by Gasteiger charge is 2.66. The molecule has 2 heterocycles. The standard InChI is InChI=1S/C44H57N3O10/c1-4-21-54-44-39(47(42(50)29-14-15-29)26-28-13-17-37-38(22-28)53-27-52-37)25-35(46-55-6-3)33-23-30(11-7-9-19-48)32(12-8-10-20-49)40(41(33)44)34-24-31(16-18-36(34)57-44)56-43(51)45-5-2/h4,13,16-18,22-24,29-30,32,39-41,48-49H,1,5-12,14-15,19-21,25-27H2,2-3H3,(H,45,51)/t30-,32+,39-,40+,41+,44+/m0/s1. The molecule has 2 amide bonds. The number of ether oxygens (including phenoxy) is 5. The third kappa shape index (κ3) is 8.51. The lowest BCUT2D eigenvalue weighted by Crippen LogP contribution is -2.70. The van der Waals surface area contributed by atoms with Gasteiger partial charge in [-0.25, -0.2) is 4.79 Å². The Morgan fingerprint density at radius 1 is 1.02 bits per heavy atom. The first-order valence-corrected chi connectivity index (χ1v) is 20.7. The van der Waals surface area contributed by atoms with E-state index in [1.807, 2.05) is 49.1 Å². The fourth-order valence-corrected chi connectivity index (χ4v) is 9.28. The third-order valence-electron chi connectivity index (χ3n) is 11.9. The summed E-state index contributed by atoms with van der Waals surface area (Å²) in [7, 11) is 0. The summed E-state index contributed by atoms with van der Waals surface area (Å²) in [5.74, 6) is 0.176. The number of carbonyl (C=O) groups is 2. The molecule has 2 aliphatic heterocycles. The van der Waals surface area contributed by atoms with Crippen LogP contribution in [0, 0.1) is 23.7 Å². The minimum Gasteiger partial charge on any atom is -0.459 e. The van der Waals surface area contributed by atoms with E-state index in [0.717, 1.165) is 60.9 Å². The van der Waals surface area contributed by atoms with Crippen molar-refractivity contribution in [3.8, 4) is 23.0 Å². The molecule has 5 aliphatic rings. The quantitative estimate of drug-likeness (QED) is 0.0804. The van der Waals surface area contributed by atoms with E-state index in [2.05, 4.69) is 18.0 Å². The molecule has 0 saturated heterocycles. The largest absolute Gasteiger partial charge is 0.459 e. The van der Waals surface area contributed by atoms with Gasteiger partial charge in [-0.1, -0.05) is 36.2 Å². The number of carbonyl (C=O) groups excluding carboxylic acids is 2. The number of hydrogen-bond acceptors (Lipinski definition) is 11. The summed E-state index contributed by atoms with van der Waals surface area (Å²) >= 11 is 0. The van der Waals surface area contributed by atoms with Crippen LogP contribution in [0.5, 0.6) is 23.0 Å². The molecule has 3 N–H and O–H groups in total. The Bertz CT molecular complexity index is 1830. The van der Waals surface area contributed by atoms with Crippen LogP contribution in [0.15, 0.2) is 65.9 Å². The number of hydrogen-bond donors (Lipinski definition) is 3. The van der Waals surface area contributed by atoms with Gasteiger partial charge in [0, 0.05) is 50.1 Å². The lowest BCUT2D eigenvalue weighted by Gasteiger charge is -2.60. The average molecular weight is 788 g/mol. The maximum atomic E-state index is 14.7. The highest BCUT2D eigenvalue weighted by molar-refractivity contribution is 6.03. The van der Waals surface area contributed by atoms with Gasteiger partial charge >= 0.3 is 6.09 Å². The van der Waals surface area contributed by atoms with Crippen molar-refractivity contribution in [1.29, 1.82) is 0 Å². The Morgan fingerprint density at radius 2 is 1.79 bits per heavy atom. The minimum absolute atomic E-state index is 0.0243. The van der Waals surface area contributed by atoms with Gasteiger partial charge in [0.15, 0.2) is 11.5 Å². The van der Waals surface area contributed by atoms with Crippen LogP contribution in [0.1, 0.15) is 88.7 Å². The fourth-order valence-electron chi connectivity index (χ4n) is 9.28. The molecule has 7 rings (SSSR count). The number of aliphatic hydroxyl groups excluding tert-OH is 2. The van der Waals surface area contributed by atoms with Gasteiger partial charge in [0.1, 0.15) is 24.1 Å². The highest BCUT2D eigenvalue weighted by atomic mass is 16.7. The van der Waals surface area contributed by atoms with Crippen molar-refractivity contribution in [1.82, 2.24) is 10.2 Å². The monoisotopic (exact) mass is 787 g/mol. The summed E-state index contributed by atoms with van der Waals surface area (Å²) in [6, 6.07) is 10.6. The molecule has 6 atom stereocenters. The van der Waals surface area contributed by atoms with E-state index >= 15 is 0 Å². The molecule has 2 saturated carbocycles. The smallest absolute Gasteiger partial charge is 0.412 e. The van der Waals surface area contributed by atoms with Crippen LogP contribution < -0.4 is 24.3 Å². The molecule has 2 aromatic carbocycles. The Balaban J connectivity index is 1.43. The number of rotatable bonds is 19. The zero-order chi connectivity index (χ0) is 39.9. The van der Waals surface area contributed by atoms with Gasteiger partial charge in [-0.05, 0) is 106 Å². The molecule has 0 aromatic heterocycles. The second-order valence-electron chi connectivity index (χ2n) is 15.5. The Kier molecular flexibility index (Phi) is 13.1. The number of allylic oxidation sites excluding steroid dienone is 1. The van der Waals surface area contributed by atoms with E-state index in [1.54, 1.807) is 12.1 Å². The Morgan fingerprint density at radius 3 is 2.53 bits per heavy atom. The molecule has 308 valence electrons. The van der Waals surface area contributed by atoms with Gasteiger partial charge < -0.3 is 49.0 Å². The first-order valence-electron chi connectivity index (χ1n) is 20.7. The molecule has 13 heteroatoms. The second-order valence-corrected chi connectivity index (χ2v) is 15.5. The van der Waals surface area contributed by atoms with Gasteiger partial charge in [0.25, 0.3) is 0 Å². The lowest BCUT2D eigenvalue weighted by atomic mass is 9.55. The maximum absolute atomic E-state index is 14.7. The van der Waals surface area contributed by atoms with Crippen molar-refractivity contribution >= 4 is 17.7 Å². The first kappa shape index (κ1) is 40.6. The van der Waals surface area contributed by atoms with Crippen molar-refractivity contribution in [2.24, 2.45) is 28.8 Å². The van der Waals surface area contributed by atoms with Crippen molar-refractivity contribution in [3.63, 3.8) is 0 Å². The van der Waals surface area contributed by atoms with Gasteiger partial charge in [-0.2, -0.15) is 0 Å². The van der Waals surface area contributed by atoms with Crippen LogP contribution in [0.2, 0.25) is 0 Å². The molecule has 2 fully saturated rings. The fraction of sp³-hybridized carbons (Fsp3) is 0.568. The Hall–Kier alpha value is -4.59. The number of nitrogens with zero attached hydrogens (tertiary/aromatic N) is 2. The van der Waals surface area contributed by atoms with Crippen molar-refractivity contribution in [2.75, 3.05) is 39.8 Å². The van der Waals surface area contributed by atoms with Crippen LogP contribution in [-0.4, -0.2) is 84.4 Å². The summed E-state index contributed by atoms with van der Waals surface area (Å²) in [6.07, 6.45) is 9.94. The predicted molar refractivity (Wildman–Crippen MR) is 212 cm³/mol. The van der Waals surface area contributed by atoms with Crippen molar-refractivity contribution in [3.05, 3.63) is 71.8 Å². The van der Waals surface area contributed by atoms with Crippen LogP contribution in [0.3, 0.4) is 0 Å². The third-order valence-corrected chi connectivity index (χ3v) is 11.9. The number of unbranched alkanes of at least 4 members (excludes halogenated alkanes) is 2. The van der Waals surface area contributed by atoms with Crippen molar-refractivity contribution in [2.45, 2.75) is 95.9 Å². The summed E-state index contributed by atoms with van der Waals surface area (Å²) in [4.78, 5) is 35.2. The highest BCUT2D eigenvalue weighted by Crippen LogP contribution is 2.62. The topological polar surface area (TPSA) is 158 Å². The second kappa shape index (κ2) is 18.3. The number of fused-ring (bicyclic) bond motifs is 3. The van der Waals surface area contributed by atoms with Gasteiger partial charge in [-0.15, -0.1) is 6.58 Å². The van der Waals surface area contributed by atoms with E-state index in [4.69, 9.17) is 33.7 Å². The molecule has 57 heavy (non-hydrogen) atoms. The predicted octanol–water partition coefficient (Wildman–Crippen LogP) is 6.62. The number of benzene rings is 2. The van der Waals surface area contributed by atoms with E-state index in [0.29, 0.717) is 55.4 Å². The number of oxime groups is 1. The average Bonchev–Trinajstić information content (AvgIpc) is 3.96. The summed E-state index contributed by atoms with van der Waals surface area (Å²) in [5.41, 5.74) is 3.44. The minimum atomic E-state index is -1.39. The molecule has 0 unspecified atom stereocenters. The van der Waals surface area contributed by atoms with Crippen LogP contribution in [0.4, 0.5) is 4.79 Å². The zero-order valence-electron chi connectivity index (χ0n) is 33.2. The van der Waals surface area contributed by atoms with E-state index < -0.39 is 23.8 Å². The number of amides is 2. The normalized spacial score (nSPS) is 26.1. The molecule has 3 aliphatic carbocycles. The van der Waals surface area contributed by atoms with Gasteiger partial charge in [0.2, 0.25) is 18.5 Å². The van der Waals surface area contributed by atoms with Crippen LogP contribution in [-0.2, 0) is 20.9 Å². The molecule has 2 aromatic rings. The molecule has 13 nitrogen and oxygen atoms in total. The maximum Gasteiger partial charge on any atom is 0.412 e. The summed E-state index contributed by atoms with van der Waals surface area (Å²) < 4.78 is 31.5. The zero-order valence-corrected chi connectivity index (χ0v) is 33.2. The van der Waals surface area contributed by atoms with Crippen molar-refractivity contribution < 1.29 is 48.3 Å². The molecule has 0 radical (unpaired) electrons. The van der Waals surface area contributed by atoms with Gasteiger partial charge in [0.05, 0.1) is 18.2 Å². The van der Waals surface area contributed by atoms with Crippen LogP contribution in [0.25, 0.3) is 0 Å². The first-order chi connectivity index (χ1) is 27.8.